The number of nitro groups is 1. The predicted molar refractivity (Wildman–Crippen MR) is 74.1 cm³/mol. The first kappa shape index (κ1) is 12.6. The Morgan fingerprint density at radius 3 is 2.86 bits per heavy atom. The Bertz CT molecular complexity index is 880. The average Bonchev–Trinajstić information content (AvgIpc) is 2.89. The summed E-state index contributed by atoms with van der Waals surface area (Å²) in [5, 5.41) is 26.8. The van der Waals surface area contributed by atoms with Crippen LogP contribution < -0.4 is 5.32 Å². The molecule has 3 rings (SSSR count). The fraction of sp³-hybridized carbons (Fsp3) is 0. The summed E-state index contributed by atoms with van der Waals surface area (Å²) in [5.41, 5.74) is 1.43. The van der Waals surface area contributed by atoms with Gasteiger partial charge in [0.1, 0.15) is 12.3 Å². The van der Waals surface area contributed by atoms with E-state index >= 15 is 0 Å². The zero-order chi connectivity index (χ0) is 14.8. The first-order valence-corrected chi connectivity index (χ1v) is 5.94. The molecule has 8 nitrogen and oxygen atoms in total. The molecule has 0 aliphatic carbocycles. The quantitative estimate of drug-likeness (QED) is 0.582. The Balaban J connectivity index is 1.98. The van der Waals surface area contributed by atoms with Gasteiger partial charge in [-0.2, -0.15) is 10.2 Å². The highest BCUT2D eigenvalue weighted by Gasteiger charge is 2.10. The van der Waals surface area contributed by atoms with Crippen molar-refractivity contribution in [3.63, 3.8) is 0 Å². The Kier molecular flexibility index (Phi) is 2.93. The Hall–Kier alpha value is -3.47. The van der Waals surface area contributed by atoms with Crippen LogP contribution in [0.15, 0.2) is 42.6 Å². The van der Waals surface area contributed by atoms with Crippen LogP contribution in [0.25, 0.3) is 5.65 Å². The smallest absolute Gasteiger partial charge is 0.287 e. The number of pyridine rings is 1. The molecule has 2 aromatic heterocycles. The molecule has 0 atom stereocenters. The summed E-state index contributed by atoms with van der Waals surface area (Å²) in [6, 6.07) is 11.9. The largest absolute Gasteiger partial charge is 0.322 e. The van der Waals surface area contributed by atoms with Gasteiger partial charge in [-0.3, -0.25) is 10.1 Å². The van der Waals surface area contributed by atoms with Crippen molar-refractivity contribution in [2.24, 2.45) is 0 Å². The molecule has 21 heavy (non-hydrogen) atoms. The number of aromatic nitrogens is 3. The fourth-order valence-electron chi connectivity index (χ4n) is 1.84. The third-order valence-corrected chi connectivity index (χ3v) is 2.82. The number of hydrogen-bond acceptors (Lipinski definition) is 6. The van der Waals surface area contributed by atoms with Gasteiger partial charge in [0.25, 0.3) is 5.69 Å². The number of rotatable bonds is 3. The van der Waals surface area contributed by atoms with Crippen molar-refractivity contribution in [2.75, 3.05) is 5.32 Å². The third kappa shape index (κ3) is 2.35. The molecular formula is C13H8N6O2. The van der Waals surface area contributed by atoms with Gasteiger partial charge in [-0.1, -0.05) is 12.1 Å². The molecule has 0 fully saturated rings. The van der Waals surface area contributed by atoms with Gasteiger partial charge in [-0.15, -0.1) is 5.10 Å². The maximum atomic E-state index is 10.7. The zero-order valence-electron chi connectivity index (χ0n) is 10.6. The van der Waals surface area contributed by atoms with Crippen molar-refractivity contribution in [1.82, 2.24) is 14.6 Å². The second kappa shape index (κ2) is 4.90. The molecule has 0 saturated carbocycles. The first-order valence-electron chi connectivity index (χ1n) is 5.94. The van der Waals surface area contributed by atoms with Crippen LogP contribution in [0.5, 0.6) is 0 Å². The number of fused-ring (bicyclic) bond motifs is 1. The lowest BCUT2D eigenvalue weighted by atomic mass is 10.2. The van der Waals surface area contributed by atoms with E-state index in [-0.39, 0.29) is 11.6 Å². The first-order chi connectivity index (χ1) is 10.2. The van der Waals surface area contributed by atoms with E-state index in [1.165, 1.54) is 22.8 Å². The lowest BCUT2D eigenvalue weighted by Gasteiger charge is -2.02. The summed E-state index contributed by atoms with van der Waals surface area (Å²) in [7, 11) is 0. The molecule has 0 aliphatic rings. The van der Waals surface area contributed by atoms with Crippen LogP contribution in [0, 0.1) is 21.4 Å². The molecule has 2 heterocycles. The van der Waals surface area contributed by atoms with Crippen molar-refractivity contribution in [2.45, 2.75) is 0 Å². The molecule has 0 saturated heterocycles. The molecule has 102 valence electrons. The summed E-state index contributed by atoms with van der Waals surface area (Å²) in [6.07, 6.45) is 1.28. The van der Waals surface area contributed by atoms with E-state index in [4.69, 9.17) is 5.26 Å². The van der Waals surface area contributed by atoms with Gasteiger partial charge in [-0.05, 0) is 18.2 Å². The van der Waals surface area contributed by atoms with Crippen molar-refractivity contribution in [3.05, 3.63) is 58.3 Å². The van der Waals surface area contributed by atoms with E-state index in [1.807, 2.05) is 0 Å². The predicted octanol–water partition coefficient (Wildman–Crippen LogP) is 2.25. The lowest BCUT2D eigenvalue weighted by Crippen LogP contribution is -1.96. The molecular weight excluding hydrogens is 272 g/mol. The SMILES string of the molecule is N#Cc1ccccc1Nc1nc2ccc([N+](=O)[O-])cn2n1. The highest BCUT2D eigenvalue weighted by Crippen LogP contribution is 2.19. The van der Waals surface area contributed by atoms with Gasteiger partial charge in [0.15, 0.2) is 5.65 Å². The third-order valence-electron chi connectivity index (χ3n) is 2.82. The topological polar surface area (TPSA) is 109 Å². The lowest BCUT2D eigenvalue weighted by molar-refractivity contribution is -0.385. The molecule has 0 amide bonds. The van der Waals surface area contributed by atoms with E-state index in [0.717, 1.165) is 0 Å². The van der Waals surface area contributed by atoms with E-state index in [2.05, 4.69) is 21.5 Å². The normalized spacial score (nSPS) is 10.2. The summed E-state index contributed by atoms with van der Waals surface area (Å²) in [6.45, 7) is 0. The summed E-state index contributed by atoms with van der Waals surface area (Å²) >= 11 is 0. The molecule has 0 aliphatic heterocycles. The van der Waals surface area contributed by atoms with Crippen molar-refractivity contribution < 1.29 is 4.92 Å². The summed E-state index contributed by atoms with van der Waals surface area (Å²) < 4.78 is 1.31. The Morgan fingerprint density at radius 1 is 1.29 bits per heavy atom. The van der Waals surface area contributed by atoms with Crippen molar-refractivity contribution in [1.29, 1.82) is 5.26 Å². The summed E-state index contributed by atoms with van der Waals surface area (Å²) in [5.74, 6) is 0.262. The molecule has 0 bridgehead atoms. The number of anilines is 2. The van der Waals surface area contributed by atoms with Gasteiger partial charge in [0, 0.05) is 6.07 Å². The van der Waals surface area contributed by atoms with Gasteiger partial charge in [0.05, 0.1) is 16.2 Å². The number of benzene rings is 1. The van der Waals surface area contributed by atoms with E-state index < -0.39 is 4.92 Å². The fourth-order valence-corrected chi connectivity index (χ4v) is 1.84. The molecule has 1 aromatic carbocycles. The molecule has 0 spiro atoms. The number of nitrogens with zero attached hydrogens (tertiary/aromatic N) is 5. The Labute approximate surface area is 118 Å². The number of nitriles is 1. The van der Waals surface area contributed by atoms with Crippen molar-refractivity contribution >= 4 is 23.0 Å². The minimum atomic E-state index is -0.501. The molecule has 8 heteroatoms. The van der Waals surface area contributed by atoms with Crippen LogP contribution in [0.4, 0.5) is 17.3 Å². The highest BCUT2D eigenvalue weighted by molar-refractivity contribution is 5.63. The van der Waals surface area contributed by atoms with Crippen LogP contribution in [0.1, 0.15) is 5.56 Å². The minimum absolute atomic E-state index is 0.0728. The maximum absolute atomic E-state index is 10.7. The second-order valence-corrected chi connectivity index (χ2v) is 4.16. The van der Waals surface area contributed by atoms with Gasteiger partial charge >= 0.3 is 0 Å². The van der Waals surface area contributed by atoms with Crippen molar-refractivity contribution in [3.8, 4) is 6.07 Å². The zero-order valence-corrected chi connectivity index (χ0v) is 10.6. The Morgan fingerprint density at radius 2 is 2.10 bits per heavy atom. The molecule has 3 aromatic rings. The van der Waals surface area contributed by atoms with Crippen LogP contribution in [0.3, 0.4) is 0 Å². The van der Waals surface area contributed by atoms with Crippen LogP contribution in [0.2, 0.25) is 0 Å². The molecule has 0 unspecified atom stereocenters. The maximum Gasteiger partial charge on any atom is 0.287 e. The highest BCUT2D eigenvalue weighted by atomic mass is 16.6. The number of para-hydroxylation sites is 1. The number of nitrogens with one attached hydrogen (secondary N) is 1. The minimum Gasteiger partial charge on any atom is -0.322 e. The van der Waals surface area contributed by atoms with Crippen LogP contribution in [-0.4, -0.2) is 19.5 Å². The van der Waals surface area contributed by atoms with E-state index in [0.29, 0.717) is 16.9 Å². The number of hydrogen-bond donors (Lipinski definition) is 1. The van der Waals surface area contributed by atoms with Gasteiger partial charge in [0.2, 0.25) is 5.95 Å². The molecule has 1 N–H and O–H groups in total. The van der Waals surface area contributed by atoms with Crippen LogP contribution >= 0.6 is 0 Å². The molecule has 0 radical (unpaired) electrons. The van der Waals surface area contributed by atoms with Crippen LogP contribution in [-0.2, 0) is 0 Å². The standard InChI is InChI=1S/C13H8N6O2/c14-7-9-3-1-2-4-11(9)15-13-16-12-6-5-10(19(20)21)8-18(12)17-13/h1-6,8H,(H,15,17). The van der Waals surface area contributed by atoms with Gasteiger partial charge in [-0.25, -0.2) is 4.52 Å². The average molecular weight is 280 g/mol. The summed E-state index contributed by atoms with van der Waals surface area (Å²) in [4.78, 5) is 14.4. The van der Waals surface area contributed by atoms with Gasteiger partial charge < -0.3 is 5.32 Å². The second-order valence-electron chi connectivity index (χ2n) is 4.16. The van der Waals surface area contributed by atoms with E-state index in [9.17, 15) is 10.1 Å². The van der Waals surface area contributed by atoms with E-state index in [1.54, 1.807) is 24.3 Å². The monoisotopic (exact) mass is 280 g/mol.